The van der Waals surface area contributed by atoms with Crippen molar-refractivity contribution < 1.29 is 4.74 Å². The first-order chi connectivity index (χ1) is 10.3. The molecule has 9 heteroatoms. The average Bonchev–Trinajstić information content (AvgIpc) is 3.02. The Kier molecular flexibility index (Phi) is 3.91. The molecule has 0 aromatic carbocycles. The second kappa shape index (κ2) is 6.00. The molecule has 2 aromatic heterocycles. The van der Waals surface area contributed by atoms with Crippen LogP contribution in [0.4, 0.5) is 11.9 Å². The van der Waals surface area contributed by atoms with E-state index in [1.54, 1.807) is 0 Å². The highest BCUT2D eigenvalue weighted by molar-refractivity contribution is 5.38. The van der Waals surface area contributed by atoms with Crippen LogP contribution in [0.2, 0.25) is 0 Å². The molecule has 112 valence electrons. The molecule has 0 radical (unpaired) electrons. The Balaban J connectivity index is 1.77. The summed E-state index contributed by atoms with van der Waals surface area (Å²) in [6.07, 6.45) is 5.18. The lowest BCUT2D eigenvalue weighted by Crippen LogP contribution is -2.38. The lowest BCUT2D eigenvalue weighted by Gasteiger charge is -2.31. The molecule has 9 nitrogen and oxygen atoms in total. The number of piperidine rings is 1. The van der Waals surface area contributed by atoms with Gasteiger partial charge in [-0.05, 0) is 19.8 Å². The van der Waals surface area contributed by atoms with Crippen LogP contribution in [0.3, 0.4) is 0 Å². The zero-order valence-electron chi connectivity index (χ0n) is 11.9. The van der Waals surface area contributed by atoms with Crippen LogP contribution in [-0.4, -0.2) is 55.5 Å². The Morgan fingerprint density at radius 1 is 1.24 bits per heavy atom. The molecule has 1 aliphatic heterocycles. The van der Waals surface area contributed by atoms with E-state index in [2.05, 4.69) is 29.9 Å². The lowest BCUT2D eigenvalue weighted by atomic mass is 10.1. The predicted octanol–water partition coefficient (Wildman–Crippen LogP) is 0.0398. The molecule has 0 saturated carbocycles. The van der Waals surface area contributed by atoms with Gasteiger partial charge in [0.15, 0.2) is 0 Å². The van der Waals surface area contributed by atoms with Crippen molar-refractivity contribution in [3.8, 4) is 5.95 Å². The monoisotopic (exact) mass is 290 g/mol. The van der Waals surface area contributed by atoms with Gasteiger partial charge in [0.25, 0.3) is 5.95 Å². The molecule has 0 amide bonds. The molecule has 3 rings (SSSR count). The highest BCUT2D eigenvalue weighted by atomic mass is 16.5. The third kappa shape index (κ3) is 3.07. The molecule has 0 bridgehead atoms. The zero-order chi connectivity index (χ0) is 14.7. The molecular formula is C12H18N8O. The van der Waals surface area contributed by atoms with E-state index >= 15 is 0 Å². The predicted molar refractivity (Wildman–Crippen MR) is 76.0 cm³/mol. The van der Waals surface area contributed by atoms with Gasteiger partial charge in [-0.1, -0.05) is 0 Å². The van der Waals surface area contributed by atoms with E-state index in [4.69, 9.17) is 10.5 Å². The topological polar surface area (TPSA) is 108 Å². The van der Waals surface area contributed by atoms with Crippen LogP contribution in [0.25, 0.3) is 5.95 Å². The van der Waals surface area contributed by atoms with Crippen LogP contribution >= 0.6 is 0 Å². The first kappa shape index (κ1) is 13.7. The number of ether oxygens (including phenoxy) is 1. The van der Waals surface area contributed by atoms with Crippen LogP contribution in [0, 0.1) is 0 Å². The molecule has 21 heavy (non-hydrogen) atoms. The number of nitrogens with two attached hydrogens (primary N) is 1. The van der Waals surface area contributed by atoms with Gasteiger partial charge in [-0.25, -0.2) is 4.98 Å². The maximum Gasteiger partial charge on any atom is 0.258 e. The summed E-state index contributed by atoms with van der Waals surface area (Å²) in [5.41, 5.74) is 5.77. The molecule has 2 N–H and O–H groups in total. The molecule has 0 spiro atoms. The van der Waals surface area contributed by atoms with Crippen molar-refractivity contribution in [2.45, 2.75) is 25.9 Å². The second-order valence-electron chi connectivity index (χ2n) is 4.78. The van der Waals surface area contributed by atoms with E-state index in [-0.39, 0.29) is 5.95 Å². The first-order valence-corrected chi connectivity index (χ1v) is 6.99. The summed E-state index contributed by atoms with van der Waals surface area (Å²) in [7, 11) is 0. The Bertz CT molecular complexity index is 579. The molecule has 0 atom stereocenters. The van der Waals surface area contributed by atoms with Gasteiger partial charge in [0.1, 0.15) is 12.7 Å². The minimum atomic E-state index is 0.178. The highest BCUT2D eigenvalue weighted by Crippen LogP contribution is 2.19. The van der Waals surface area contributed by atoms with E-state index in [1.807, 2.05) is 6.92 Å². The molecule has 1 saturated heterocycles. The highest BCUT2D eigenvalue weighted by Gasteiger charge is 2.22. The fourth-order valence-corrected chi connectivity index (χ4v) is 2.38. The van der Waals surface area contributed by atoms with Crippen molar-refractivity contribution in [2.24, 2.45) is 0 Å². The van der Waals surface area contributed by atoms with Crippen LogP contribution in [0.15, 0.2) is 12.7 Å². The number of nitrogen functional groups attached to an aromatic ring is 1. The first-order valence-electron chi connectivity index (χ1n) is 6.99. The number of hydrogen-bond donors (Lipinski definition) is 1. The van der Waals surface area contributed by atoms with E-state index < -0.39 is 0 Å². The standard InChI is InChI=1S/C12H18N8O/c1-2-21-9-3-5-19(6-4-9)11-16-10(13)17-12(18-11)20-8-14-7-15-20/h7-9H,2-6H2,1H3,(H2,13,16,17,18). The van der Waals surface area contributed by atoms with Gasteiger partial charge >= 0.3 is 0 Å². The van der Waals surface area contributed by atoms with Gasteiger partial charge in [-0.3, -0.25) is 0 Å². The van der Waals surface area contributed by atoms with Gasteiger partial charge in [0.05, 0.1) is 6.10 Å². The quantitative estimate of drug-likeness (QED) is 0.840. The SMILES string of the molecule is CCOC1CCN(c2nc(N)nc(-n3cncn3)n2)CC1. The van der Waals surface area contributed by atoms with Crippen LogP contribution < -0.4 is 10.6 Å². The summed E-state index contributed by atoms with van der Waals surface area (Å²) in [5, 5.41) is 4.01. The van der Waals surface area contributed by atoms with Crippen molar-refractivity contribution in [1.82, 2.24) is 29.7 Å². The Labute approximate surface area is 122 Å². The normalized spacial score (nSPS) is 16.3. The van der Waals surface area contributed by atoms with E-state index in [9.17, 15) is 0 Å². The molecule has 0 aliphatic carbocycles. The van der Waals surface area contributed by atoms with Crippen molar-refractivity contribution in [3.05, 3.63) is 12.7 Å². The van der Waals surface area contributed by atoms with Crippen molar-refractivity contribution in [3.63, 3.8) is 0 Å². The minimum absolute atomic E-state index is 0.178. The number of rotatable bonds is 4. The van der Waals surface area contributed by atoms with Crippen molar-refractivity contribution >= 4 is 11.9 Å². The van der Waals surface area contributed by atoms with Gasteiger partial charge in [-0.15, -0.1) is 0 Å². The number of nitrogens with zero attached hydrogens (tertiary/aromatic N) is 7. The number of hydrogen-bond acceptors (Lipinski definition) is 8. The molecule has 0 unspecified atom stereocenters. The summed E-state index contributed by atoms with van der Waals surface area (Å²) in [6, 6.07) is 0. The molecule has 1 fully saturated rings. The fraction of sp³-hybridized carbons (Fsp3) is 0.583. The van der Waals surface area contributed by atoms with Crippen molar-refractivity contribution in [2.75, 3.05) is 30.3 Å². The Hall–Kier alpha value is -2.29. The summed E-state index contributed by atoms with van der Waals surface area (Å²) in [4.78, 5) is 18.7. The third-order valence-electron chi connectivity index (χ3n) is 3.38. The third-order valence-corrected chi connectivity index (χ3v) is 3.38. The van der Waals surface area contributed by atoms with Crippen LogP contribution in [-0.2, 0) is 4.74 Å². The molecular weight excluding hydrogens is 272 g/mol. The summed E-state index contributed by atoms with van der Waals surface area (Å²) in [6.45, 7) is 4.44. The maximum atomic E-state index is 5.77. The lowest BCUT2D eigenvalue weighted by molar-refractivity contribution is 0.0457. The number of anilines is 2. The zero-order valence-corrected chi connectivity index (χ0v) is 11.9. The minimum Gasteiger partial charge on any atom is -0.378 e. The summed E-state index contributed by atoms with van der Waals surface area (Å²) in [5.74, 6) is 1.13. The average molecular weight is 290 g/mol. The molecule has 2 aromatic rings. The summed E-state index contributed by atoms with van der Waals surface area (Å²) >= 11 is 0. The van der Waals surface area contributed by atoms with Gasteiger partial charge < -0.3 is 15.4 Å². The summed E-state index contributed by atoms with van der Waals surface area (Å²) < 4.78 is 7.11. The molecule has 3 heterocycles. The number of aromatic nitrogens is 6. The van der Waals surface area contributed by atoms with Crippen LogP contribution in [0.1, 0.15) is 19.8 Å². The smallest absolute Gasteiger partial charge is 0.258 e. The second-order valence-corrected chi connectivity index (χ2v) is 4.78. The Morgan fingerprint density at radius 3 is 2.67 bits per heavy atom. The van der Waals surface area contributed by atoms with Crippen molar-refractivity contribution in [1.29, 1.82) is 0 Å². The van der Waals surface area contributed by atoms with Gasteiger partial charge in [0.2, 0.25) is 11.9 Å². The maximum absolute atomic E-state index is 5.77. The van der Waals surface area contributed by atoms with E-state index in [1.165, 1.54) is 17.3 Å². The van der Waals surface area contributed by atoms with E-state index in [0.717, 1.165) is 32.5 Å². The van der Waals surface area contributed by atoms with Gasteiger partial charge in [0, 0.05) is 19.7 Å². The largest absolute Gasteiger partial charge is 0.378 e. The molecule has 1 aliphatic rings. The van der Waals surface area contributed by atoms with E-state index in [0.29, 0.717) is 18.0 Å². The Morgan fingerprint density at radius 2 is 2.00 bits per heavy atom. The van der Waals surface area contributed by atoms with Gasteiger partial charge in [-0.2, -0.15) is 24.7 Å². The fourth-order valence-electron chi connectivity index (χ4n) is 2.38. The van der Waals surface area contributed by atoms with Crippen LogP contribution in [0.5, 0.6) is 0 Å².